The first-order chi connectivity index (χ1) is 12.8. The number of unbranched alkanes of at least 4 members (excludes halogenated alkanes) is 3. The summed E-state index contributed by atoms with van der Waals surface area (Å²) in [4.78, 5) is 23.3. The molecule has 0 spiro atoms. The predicted molar refractivity (Wildman–Crippen MR) is 106 cm³/mol. The van der Waals surface area contributed by atoms with Gasteiger partial charge in [-0.3, -0.25) is 9.59 Å². The third-order valence-corrected chi connectivity index (χ3v) is 5.18. The lowest BCUT2D eigenvalue weighted by atomic mass is 9.88. The van der Waals surface area contributed by atoms with Crippen molar-refractivity contribution in [3.63, 3.8) is 0 Å². The first-order valence-corrected chi connectivity index (χ1v) is 10.1. The number of esters is 1. The van der Waals surface area contributed by atoms with Gasteiger partial charge in [-0.05, 0) is 39.5 Å². The first-order valence-electron chi connectivity index (χ1n) is 10.1. The van der Waals surface area contributed by atoms with E-state index in [1.54, 1.807) is 6.08 Å². The summed E-state index contributed by atoms with van der Waals surface area (Å²) in [6.07, 6.45) is 10.9. The van der Waals surface area contributed by atoms with Crippen molar-refractivity contribution in [3.05, 3.63) is 23.8 Å². The lowest BCUT2D eigenvalue weighted by Gasteiger charge is -2.18. The summed E-state index contributed by atoms with van der Waals surface area (Å²) in [7, 11) is 1.39. The minimum absolute atomic E-state index is 0.116. The van der Waals surface area contributed by atoms with Crippen LogP contribution in [0.15, 0.2) is 23.8 Å². The third kappa shape index (κ3) is 9.34. The number of hydrogen-bond donors (Lipinski definition) is 2. The average molecular weight is 381 g/mol. The van der Waals surface area contributed by atoms with Gasteiger partial charge in [-0.2, -0.15) is 0 Å². The molecule has 0 aromatic rings. The Balaban J connectivity index is 2.40. The van der Waals surface area contributed by atoms with Crippen molar-refractivity contribution in [2.24, 2.45) is 11.8 Å². The monoisotopic (exact) mass is 380 g/mol. The van der Waals surface area contributed by atoms with Gasteiger partial charge in [-0.15, -0.1) is 0 Å². The van der Waals surface area contributed by atoms with Gasteiger partial charge in [-0.1, -0.05) is 43.1 Å². The zero-order valence-electron chi connectivity index (χ0n) is 17.0. The van der Waals surface area contributed by atoms with Crippen LogP contribution < -0.4 is 0 Å². The molecule has 1 aliphatic rings. The van der Waals surface area contributed by atoms with Gasteiger partial charge in [0.15, 0.2) is 0 Å². The van der Waals surface area contributed by atoms with Crippen LogP contribution in [0.3, 0.4) is 0 Å². The zero-order valence-corrected chi connectivity index (χ0v) is 17.0. The van der Waals surface area contributed by atoms with Crippen molar-refractivity contribution in [3.8, 4) is 0 Å². The van der Waals surface area contributed by atoms with Gasteiger partial charge in [0.2, 0.25) is 0 Å². The Morgan fingerprint density at radius 2 is 1.96 bits per heavy atom. The number of hydrogen-bond acceptors (Lipinski definition) is 5. The van der Waals surface area contributed by atoms with Gasteiger partial charge in [0.05, 0.1) is 19.3 Å². The van der Waals surface area contributed by atoms with Crippen LogP contribution in [0.4, 0.5) is 0 Å². The molecule has 5 nitrogen and oxygen atoms in total. The van der Waals surface area contributed by atoms with Crippen molar-refractivity contribution in [1.82, 2.24) is 0 Å². The number of aliphatic hydroxyl groups excluding tert-OH is 2. The van der Waals surface area contributed by atoms with Crippen LogP contribution in [0.1, 0.15) is 71.6 Å². The number of carbonyl (C=O) groups excluding carboxylic acids is 2. The molecule has 1 aliphatic carbocycles. The van der Waals surface area contributed by atoms with Gasteiger partial charge in [-0.25, -0.2) is 0 Å². The first kappa shape index (κ1) is 23.6. The molecular weight excluding hydrogens is 344 g/mol. The molecule has 4 atom stereocenters. The number of ketones is 1. The molecule has 0 unspecified atom stereocenters. The highest BCUT2D eigenvalue weighted by atomic mass is 16.5. The van der Waals surface area contributed by atoms with E-state index < -0.39 is 12.2 Å². The molecule has 0 saturated heterocycles. The van der Waals surface area contributed by atoms with Crippen LogP contribution in [0.25, 0.3) is 0 Å². The summed E-state index contributed by atoms with van der Waals surface area (Å²) in [5.41, 5.74) is 1.23. The van der Waals surface area contributed by atoms with Crippen LogP contribution in [0.2, 0.25) is 0 Å². The Kier molecular flexibility index (Phi) is 11.2. The van der Waals surface area contributed by atoms with Gasteiger partial charge in [0.25, 0.3) is 0 Å². The Morgan fingerprint density at radius 1 is 1.26 bits per heavy atom. The molecule has 27 heavy (non-hydrogen) atoms. The average Bonchev–Trinajstić information content (AvgIpc) is 2.88. The molecule has 0 aliphatic heterocycles. The standard InChI is InChI=1S/C22H36O5/c1-16(2)9-8-10-17(23)13-14-19-18(20(24)15-21(19)25)11-6-4-5-7-12-22(26)27-3/h9,13-14,17-19,21,23,25H,4-8,10-12,15H2,1-3H3/t17-,18+,19+,21+/m0/s1. The third-order valence-electron chi connectivity index (χ3n) is 5.18. The summed E-state index contributed by atoms with van der Waals surface area (Å²) in [5, 5.41) is 20.3. The summed E-state index contributed by atoms with van der Waals surface area (Å²) < 4.78 is 4.62. The van der Waals surface area contributed by atoms with E-state index in [-0.39, 0.29) is 30.0 Å². The van der Waals surface area contributed by atoms with Crippen LogP contribution in [0, 0.1) is 11.8 Å². The number of carbonyl (C=O) groups is 2. The molecule has 2 N–H and O–H groups in total. The lowest BCUT2D eigenvalue weighted by Crippen LogP contribution is -2.19. The highest BCUT2D eigenvalue weighted by molar-refractivity contribution is 5.84. The molecule has 1 rings (SSSR count). The number of methoxy groups -OCH3 is 1. The van der Waals surface area contributed by atoms with Crippen LogP contribution >= 0.6 is 0 Å². The quantitative estimate of drug-likeness (QED) is 0.306. The molecular formula is C22H36O5. The SMILES string of the molecule is COC(=O)CCCCCC[C@H]1C(=O)C[C@@H](O)[C@@H]1C=C[C@@H](O)CCC=C(C)C. The van der Waals surface area contributed by atoms with Crippen molar-refractivity contribution in [1.29, 1.82) is 0 Å². The smallest absolute Gasteiger partial charge is 0.305 e. The molecule has 1 fully saturated rings. The number of aliphatic hydroxyl groups is 2. The van der Waals surface area contributed by atoms with E-state index in [1.807, 2.05) is 19.9 Å². The van der Waals surface area contributed by atoms with Crippen molar-refractivity contribution < 1.29 is 24.5 Å². The molecule has 0 aromatic heterocycles. The molecule has 0 bridgehead atoms. The summed E-state index contributed by atoms with van der Waals surface area (Å²) in [6.45, 7) is 4.06. The largest absolute Gasteiger partial charge is 0.469 e. The Labute approximate surface area is 163 Å². The van der Waals surface area contributed by atoms with Gasteiger partial charge < -0.3 is 14.9 Å². The number of rotatable bonds is 12. The van der Waals surface area contributed by atoms with E-state index in [4.69, 9.17) is 0 Å². The summed E-state index contributed by atoms with van der Waals surface area (Å²) in [5.74, 6) is -0.435. The van der Waals surface area contributed by atoms with E-state index in [0.29, 0.717) is 12.8 Å². The maximum absolute atomic E-state index is 12.2. The van der Waals surface area contributed by atoms with E-state index in [2.05, 4.69) is 10.8 Å². The predicted octanol–water partition coefficient (Wildman–Crippen LogP) is 3.73. The zero-order chi connectivity index (χ0) is 20.2. The number of allylic oxidation sites excluding steroid dienone is 2. The molecule has 0 amide bonds. The second-order valence-corrected chi connectivity index (χ2v) is 7.76. The number of Topliss-reactive ketones (excluding diaryl/α,β-unsaturated/α-hetero) is 1. The summed E-state index contributed by atoms with van der Waals surface area (Å²) in [6, 6.07) is 0. The Morgan fingerprint density at radius 3 is 2.63 bits per heavy atom. The molecule has 0 aromatic carbocycles. The Hall–Kier alpha value is -1.46. The van der Waals surface area contributed by atoms with E-state index >= 15 is 0 Å². The highest BCUT2D eigenvalue weighted by Crippen LogP contribution is 2.34. The normalized spacial score (nSPS) is 23.6. The number of ether oxygens (including phenoxy) is 1. The van der Waals surface area contributed by atoms with E-state index in [9.17, 15) is 19.8 Å². The molecule has 0 radical (unpaired) electrons. The Bertz CT molecular complexity index is 519. The highest BCUT2D eigenvalue weighted by Gasteiger charge is 2.39. The van der Waals surface area contributed by atoms with Gasteiger partial charge >= 0.3 is 5.97 Å². The molecule has 5 heteroatoms. The second-order valence-electron chi connectivity index (χ2n) is 7.76. The van der Waals surface area contributed by atoms with Crippen LogP contribution in [-0.4, -0.2) is 41.3 Å². The van der Waals surface area contributed by atoms with Crippen LogP contribution in [-0.2, 0) is 14.3 Å². The fraction of sp³-hybridized carbons (Fsp3) is 0.727. The van der Waals surface area contributed by atoms with Crippen molar-refractivity contribution in [2.45, 2.75) is 83.8 Å². The molecule has 1 saturated carbocycles. The lowest BCUT2D eigenvalue weighted by molar-refractivity contribution is -0.140. The van der Waals surface area contributed by atoms with Crippen molar-refractivity contribution in [2.75, 3.05) is 7.11 Å². The van der Waals surface area contributed by atoms with Crippen LogP contribution in [0.5, 0.6) is 0 Å². The van der Waals surface area contributed by atoms with E-state index in [0.717, 1.165) is 38.5 Å². The minimum atomic E-state index is -0.650. The van der Waals surface area contributed by atoms with Gasteiger partial charge in [0, 0.05) is 24.7 Å². The van der Waals surface area contributed by atoms with Crippen molar-refractivity contribution >= 4 is 11.8 Å². The maximum Gasteiger partial charge on any atom is 0.305 e. The molecule has 154 valence electrons. The van der Waals surface area contributed by atoms with E-state index in [1.165, 1.54) is 12.7 Å². The fourth-order valence-corrected chi connectivity index (χ4v) is 3.58. The maximum atomic E-state index is 12.2. The summed E-state index contributed by atoms with van der Waals surface area (Å²) >= 11 is 0. The second kappa shape index (κ2) is 12.8. The fourth-order valence-electron chi connectivity index (χ4n) is 3.58. The minimum Gasteiger partial charge on any atom is -0.469 e. The van der Waals surface area contributed by atoms with Gasteiger partial charge in [0.1, 0.15) is 5.78 Å². The molecule has 0 heterocycles. The topological polar surface area (TPSA) is 83.8 Å².